The Morgan fingerprint density at radius 3 is 2.10 bits per heavy atom. The summed E-state index contributed by atoms with van der Waals surface area (Å²) in [7, 11) is 2.95. The molecule has 1 saturated carbocycles. The second-order valence-corrected chi connectivity index (χ2v) is 2.15. The number of methoxy groups -OCH3 is 1. The van der Waals surface area contributed by atoms with Gasteiger partial charge in [0.1, 0.15) is 0 Å². The van der Waals surface area contributed by atoms with E-state index >= 15 is 0 Å². The number of hydrogen-bond acceptors (Lipinski definition) is 3. The van der Waals surface area contributed by atoms with Crippen LogP contribution in [0.15, 0.2) is 0 Å². The summed E-state index contributed by atoms with van der Waals surface area (Å²) in [6.45, 7) is 0. The van der Waals surface area contributed by atoms with Crippen molar-refractivity contribution in [2.24, 2.45) is 11.7 Å². The van der Waals surface area contributed by atoms with Crippen LogP contribution >= 0.6 is 0 Å². The molecular weight excluding hydrogens is 130 g/mol. The highest BCUT2D eigenvalue weighted by Gasteiger charge is 2.25. The van der Waals surface area contributed by atoms with E-state index in [0.29, 0.717) is 0 Å². The van der Waals surface area contributed by atoms with Crippen molar-refractivity contribution < 1.29 is 9.53 Å². The van der Waals surface area contributed by atoms with E-state index in [4.69, 9.17) is 0 Å². The Morgan fingerprint density at radius 2 is 2.00 bits per heavy atom. The number of esters is 1. The first-order valence-corrected chi connectivity index (χ1v) is 3.50. The monoisotopic (exact) mass is 145 g/mol. The number of carbonyl (C=O) groups is 1. The molecule has 10 heavy (non-hydrogen) atoms. The van der Waals surface area contributed by atoms with Gasteiger partial charge in [-0.25, -0.2) is 0 Å². The van der Waals surface area contributed by atoms with Gasteiger partial charge in [-0.2, -0.15) is 0 Å². The molecule has 0 aliphatic heterocycles. The first-order valence-electron chi connectivity index (χ1n) is 3.50. The first-order chi connectivity index (χ1) is 4.84. The molecule has 1 fully saturated rings. The lowest BCUT2D eigenvalue weighted by atomic mass is 9.86. The summed E-state index contributed by atoms with van der Waals surface area (Å²) in [6, 6.07) is 0. The van der Waals surface area contributed by atoms with Gasteiger partial charge in [-0.3, -0.25) is 4.79 Å². The molecule has 0 aromatic heterocycles. The normalized spacial score (nSPS) is 16.3. The van der Waals surface area contributed by atoms with Gasteiger partial charge in [-0.1, -0.05) is 6.42 Å². The van der Waals surface area contributed by atoms with E-state index in [0.717, 1.165) is 12.8 Å². The predicted octanol–water partition coefficient (Wildman–Crippen LogP) is 0.534. The highest BCUT2D eigenvalue weighted by molar-refractivity contribution is 5.72. The molecule has 0 unspecified atom stereocenters. The standard InChI is InChI=1S/C6H10O2.CH5N/c1-8-6(7)5-3-2-4-5;1-2/h5H,2-4H2,1H3;2H2,1H3. The summed E-state index contributed by atoms with van der Waals surface area (Å²) in [6.07, 6.45) is 3.26. The molecule has 0 aromatic rings. The van der Waals surface area contributed by atoms with Crippen LogP contribution in [-0.2, 0) is 9.53 Å². The second-order valence-electron chi connectivity index (χ2n) is 2.15. The van der Waals surface area contributed by atoms with E-state index in [1.54, 1.807) is 0 Å². The van der Waals surface area contributed by atoms with Gasteiger partial charge in [0.05, 0.1) is 13.0 Å². The molecule has 0 aromatic carbocycles. The predicted molar refractivity (Wildman–Crippen MR) is 39.5 cm³/mol. The average molecular weight is 145 g/mol. The maximum atomic E-state index is 10.6. The smallest absolute Gasteiger partial charge is 0.308 e. The molecule has 2 N–H and O–H groups in total. The molecule has 0 amide bonds. The molecular formula is C7H15NO2. The molecule has 60 valence electrons. The highest BCUT2D eigenvalue weighted by atomic mass is 16.5. The van der Waals surface area contributed by atoms with Crippen LogP contribution in [0.5, 0.6) is 0 Å². The van der Waals surface area contributed by atoms with Gasteiger partial charge >= 0.3 is 5.97 Å². The zero-order valence-electron chi connectivity index (χ0n) is 6.59. The van der Waals surface area contributed by atoms with Crippen molar-refractivity contribution in [3.8, 4) is 0 Å². The van der Waals surface area contributed by atoms with E-state index < -0.39 is 0 Å². The number of carbonyl (C=O) groups excluding carboxylic acids is 1. The van der Waals surface area contributed by atoms with Crippen LogP contribution in [0, 0.1) is 5.92 Å². The van der Waals surface area contributed by atoms with E-state index in [-0.39, 0.29) is 11.9 Å². The Balaban J connectivity index is 0.000000371. The minimum Gasteiger partial charge on any atom is -0.469 e. The molecule has 0 spiro atoms. The van der Waals surface area contributed by atoms with E-state index in [1.165, 1.54) is 20.6 Å². The summed E-state index contributed by atoms with van der Waals surface area (Å²) in [4.78, 5) is 10.6. The molecule has 0 atom stereocenters. The van der Waals surface area contributed by atoms with Crippen LogP contribution < -0.4 is 5.73 Å². The van der Waals surface area contributed by atoms with E-state index in [9.17, 15) is 4.79 Å². The lowest BCUT2D eigenvalue weighted by Gasteiger charge is -2.21. The Labute approximate surface area is 61.5 Å². The zero-order valence-corrected chi connectivity index (χ0v) is 6.59. The van der Waals surface area contributed by atoms with Crippen molar-refractivity contribution in [1.82, 2.24) is 0 Å². The van der Waals surface area contributed by atoms with Crippen LogP contribution in [0.3, 0.4) is 0 Å². The van der Waals surface area contributed by atoms with Crippen LogP contribution in [0.2, 0.25) is 0 Å². The Kier molecular flexibility index (Phi) is 4.94. The average Bonchev–Trinajstić information content (AvgIpc) is 1.89. The minimum atomic E-state index is -0.0312. The Bertz CT molecular complexity index is 99.8. The van der Waals surface area contributed by atoms with Crippen LogP contribution in [0.25, 0.3) is 0 Å². The number of hydrogen-bond donors (Lipinski definition) is 1. The van der Waals surface area contributed by atoms with Gasteiger partial charge in [0.25, 0.3) is 0 Å². The fourth-order valence-corrected chi connectivity index (χ4v) is 0.811. The zero-order chi connectivity index (χ0) is 7.98. The van der Waals surface area contributed by atoms with Gasteiger partial charge in [0, 0.05) is 0 Å². The SMILES string of the molecule is CN.COC(=O)C1CCC1. The van der Waals surface area contributed by atoms with Crippen molar-refractivity contribution in [2.45, 2.75) is 19.3 Å². The van der Waals surface area contributed by atoms with Gasteiger partial charge in [0.2, 0.25) is 0 Å². The molecule has 3 nitrogen and oxygen atoms in total. The fourth-order valence-electron chi connectivity index (χ4n) is 0.811. The third kappa shape index (κ3) is 2.35. The summed E-state index contributed by atoms with van der Waals surface area (Å²) >= 11 is 0. The van der Waals surface area contributed by atoms with Gasteiger partial charge < -0.3 is 10.5 Å². The van der Waals surface area contributed by atoms with Crippen molar-refractivity contribution in [3.63, 3.8) is 0 Å². The maximum Gasteiger partial charge on any atom is 0.308 e. The number of ether oxygens (including phenoxy) is 1. The molecule has 1 rings (SSSR count). The molecule has 0 bridgehead atoms. The molecule has 0 heterocycles. The summed E-state index contributed by atoms with van der Waals surface area (Å²) in [5.74, 6) is 0.205. The summed E-state index contributed by atoms with van der Waals surface area (Å²) in [5, 5.41) is 0. The van der Waals surface area contributed by atoms with Crippen molar-refractivity contribution in [2.75, 3.05) is 14.2 Å². The third-order valence-corrected chi connectivity index (χ3v) is 1.64. The molecule has 1 aliphatic carbocycles. The van der Waals surface area contributed by atoms with Crippen LogP contribution in [-0.4, -0.2) is 20.1 Å². The van der Waals surface area contributed by atoms with Crippen molar-refractivity contribution in [1.29, 1.82) is 0 Å². The van der Waals surface area contributed by atoms with Crippen LogP contribution in [0.1, 0.15) is 19.3 Å². The molecule has 3 heteroatoms. The number of nitrogens with two attached hydrogens (primary N) is 1. The van der Waals surface area contributed by atoms with Crippen molar-refractivity contribution in [3.05, 3.63) is 0 Å². The fraction of sp³-hybridized carbons (Fsp3) is 0.857. The summed E-state index contributed by atoms with van der Waals surface area (Å²) < 4.78 is 4.52. The second kappa shape index (κ2) is 5.23. The van der Waals surface area contributed by atoms with Gasteiger partial charge in [-0.15, -0.1) is 0 Å². The third-order valence-electron chi connectivity index (χ3n) is 1.64. The Hall–Kier alpha value is -0.570. The summed E-state index contributed by atoms with van der Waals surface area (Å²) in [5.41, 5.74) is 4.50. The Morgan fingerprint density at radius 1 is 1.50 bits per heavy atom. The molecule has 0 radical (unpaired) electrons. The van der Waals surface area contributed by atoms with E-state index in [1.807, 2.05) is 0 Å². The van der Waals surface area contributed by atoms with Gasteiger partial charge in [-0.05, 0) is 19.9 Å². The molecule has 0 saturated heterocycles. The van der Waals surface area contributed by atoms with Crippen LogP contribution in [0.4, 0.5) is 0 Å². The topological polar surface area (TPSA) is 52.3 Å². The van der Waals surface area contributed by atoms with E-state index in [2.05, 4.69) is 10.5 Å². The maximum absolute atomic E-state index is 10.6. The quantitative estimate of drug-likeness (QED) is 0.548. The minimum absolute atomic E-state index is 0.0312. The van der Waals surface area contributed by atoms with Crippen molar-refractivity contribution >= 4 is 5.97 Å². The largest absolute Gasteiger partial charge is 0.469 e. The number of rotatable bonds is 1. The highest BCUT2D eigenvalue weighted by Crippen LogP contribution is 2.26. The lowest BCUT2D eigenvalue weighted by Crippen LogP contribution is -2.22. The lowest BCUT2D eigenvalue weighted by molar-refractivity contribution is -0.148. The first kappa shape index (κ1) is 9.43. The van der Waals surface area contributed by atoms with Gasteiger partial charge in [0.15, 0.2) is 0 Å². The molecule has 1 aliphatic rings.